The van der Waals surface area contributed by atoms with Crippen molar-refractivity contribution in [2.75, 3.05) is 26.7 Å². The number of likely N-dealkylation sites (tertiary alicyclic amines) is 1. The highest BCUT2D eigenvalue weighted by Crippen LogP contribution is 2.32. The molecule has 1 fully saturated rings. The van der Waals surface area contributed by atoms with E-state index >= 15 is 0 Å². The number of rotatable bonds is 7. The van der Waals surface area contributed by atoms with Gasteiger partial charge in [0.2, 0.25) is 0 Å². The average Bonchev–Trinajstić information content (AvgIpc) is 2.90. The van der Waals surface area contributed by atoms with Crippen LogP contribution in [0.25, 0.3) is 0 Å². The highest BCUT2D eigenvalue weighted by atomic mass is 35.5. The Labute approximate surface area is 234 Å². The summed E-state index contributed by atoms with van der Waals surface area (Å²) in [6, 6.07) is 22.9. The standard InChI is InChI=1S/C33H41ClN2S/c1-23(25-7-9-26(10-8-25)27-13-16-35(3)17-14-27)19-31-20-28(24(2)37)11-12-29(31)21-36-18-15-32-30(22-36)5-4-6-33(32)34/h4-12,20,23-24,27,37H,13-19,21-22H2,1-3H3. The monoisotopic (exact) mass is 532 g/mol. The zero-order valence-electron chi connectivity index (χ0n) is 22.6. The molecule has 0 radical (unpaired) electrons. The van der Waals surface area contributed by atoms with Crippen molar-refractivity contribution in [3.63, 3.8) is 0 Å². The summed E-state index contributed by atoms with van der Waals surface area (Å²) in [5, 5.41) is 1.15. The molecule has 37 heavy (non-hydrogen) atoms. The van der Waals surface area contributed by atoms with Gasteiger partial charge >= 0.3 is 0 Å². The molecule has 0 N–H and O–H groups in total. The second-order valence-electron chi connectivity index (χ2n) is 11.4. The third-order valence-corrected chi connectivity index (χ3v) is 9.27. The van der Waals surface area contributed by atoms with E-state index in [9.17, 15) is 0 Å². The third-order valence-electron chi connectivity index (χ3n) is 8.62. The second-order valence-corrected chi connectivity index (χ2v) is 12.6. The van der Waals surface area contributed by atoms with Gasteiger partial charge in [-0.25, -0.2) is 0 Å². The summed E-state index contributed by atoms with van der Waals surface area (Å²) in [5.41, 5.74) is 9.87. The molecular formula is C33H41ClN2S. The van der Waals surface area contributed by atoms with Gasteiger partial charge in [0.25, 0.3) is 0 Å². The number of benzene rings is 3. The van der Waals surface area contributed by atoms with Crippen molar-refractivity contribution >= 4 is 24.2 Å². The van der Waals surface area contributed by atoms with Gasteiger partial charge in [0.1, 0.15) is 0 Å². The molecule has 0 aliphatic carbocycles. The summed E-state index contributed by atoms with van der Waals surface area (Å²) in [6.45, 7) is 9.96. The van der Waals surface area contributed by atoms with Gasteiger partial charge in [-0.05, 0) is 110 Å². The molecule has 5 rings (SSSR count). The van der Waals surface area contributed by atoms with Crippen LogP contribution in [-0.2, 0) is 25.9 Å². The van der Waals surface area contributed by atoms with Crippen LogP contribution in [0.15, 0.2) is 60.7 Å². The van der Waals surface area contributed by atoms with Gasteiger partial charge in [-0.2, -0.15) is 12.6 Å². The predicted octanol–water partition coefficient (Wildman–Crippen LogP) is 8.04. The molecule has 1 saturated heterocycles. The zero-order valence-corrected chi connectivity index (χ0v) is 24.2. The van der Waals surface area contributed by atoms with Gasteiger partial charge in [0.05, 0.1) is 0 Å². The van der Waals surface area contributed by atoms with Gasteiger partial charge in [-0.15, -0.1) is 0 Å². The Bertz CT molecular complexity index is 1200. The molecule has 2 atom stereocenters. The molecule has 0 saturated carbocycles. The van der Waals surface area contributed by atoms with Crippen LogP contribution in [0, 0.1) is 0 Å². The lowest BCUT2D eigenvalue weighted by atomic mass is 9.86. The van der Waals surface area contributed by atoms with Crippen molar-refractivity contribution in [1.82, 2.24) is 9.80 Å². The Morgan fingerprint density at radius 2 is 1.65 bits per heavy atom. The number of hydrogen-bond donors (Lipinski definition) is 1. The highest BCUT2D eigenvalue weighted by Gasteiger charge is 2.21. The summed E-state index contributed by atoms with van der Waals surface area (Å²) >= 11 is 11.2. The number of halogens is 1. The van der Waals surface area contributed by atoms with E-state index in [1.54, 1.807) is 0 Å². The Morgan fingerprint density at radius 3 is 2.38 bits per heavy atom. The third kappa shape index (κ3) is 6.45. The molecule has 0 aromatic heterocycles. The first-order valence-corrected chi connectivity index (χ1v) is 14.8. The summed E-state index contributed by atoms with van der Waals surface area (Å²) < 4.78 is 0. The Hall–Kier alpha value is -1.78. The summed E-state index contributed by atoms with van der Waals surface area (Å²) in [7, 11) is 2.23. The van der Waals surface area contributed by atoms with E-state index in [2.05, 4.69) is 85.3 Å². The van der Waals surface area contributed by atoms with Crippen LogP contribution in [0.3, 0.4) is 0 Å². The van der Waals surface area contributed by atoms with Crippen LogP contribution in [0.4, 0.5) is 0 Å². The number of nitrogens with zero attached hydrogens (tertiary/aromatic N) is 2. The summed E-state index contributed by atoms with van der Waals surface area (Å²) in [4.78, 5) is 5.02. The lowest BCUT2D eigenvalue weighted by molar-refractivity contribution is 0.245. The number of fused-ring (bicyclic) bond motifs is 1. The Balaban J connectivity index is 1.31. The molecule has 2 heterocycles. The first kappa shape index (κ1) is 26.8. The maximum atomic E-state index is 6.47. The fraction of sp³-hybridized carbons (Fsp3) is 0.455. The first-order valence-electron chi connectivity index (χ1n) is 13.9. The number of hydrogen-bond acceptors (Lipinski definition) is 3. The average molecular weight is 533 g/mol. The van der Waals surface area contributed by atoms with Crippen LogP contribution >= 0.6 is 24.2 Å². The van der Waals surface area contributed by atoms with E-state index in [1.165, 1.54) is 64.9 Å². The van der Waals surface area contributed by atoms with Crippen molar-refractivity contribution in [2.24, 2.45) is 0 Å². The normalized spacial score (nSPS) is 18.9. The SMILES string of the molecule is CC(S)c1ccc(CN2CCc3c(Cl)cccc3C2)c(CC(C)c2ccc(C3CCN(C)CC3)cc2)c1. The van der Waals surface area contributed by atoms with E-state index in [0.717, 1.165) is 37.5 Å². The molecule has 3 aromatic rings. The molecule has 0 amide bonds. The molecule has 2 unspecified atom stereocenters. The maximum Gasteiger partial charge on any atom is 0.0441 e. The zero-order chi connectivity index (χ0) is 25.9. The van der Waals surface area contributed by atoms with Gasteiger partial charge < -0.3 is 4.90 Å². The van der Waals surface area contributed by atoms with Crippen molar-refractivity contribution in [3.05, 3.63) is 105 Å². The van der Waals surface area contributed by atoms with Crippen molar-refractivity contribution in [2.45, 2.75) is 69.7 Å². The lowest BCUT2D eigenvalue weighted by Crippen LogP contribution is -2.30. The fourth-order valence-corrected chi connectivity index (χ4v) is 6.58. The smallest absolute Gasteiger partial charge is 0.0441 e. The number of piperidine rings is 1. The minimum Gasteiger partial charge on any atom is -0.306 e. The predicted molar refractivity (Wildman–Crippen MR) is 161 cm³/mol. The minimum absolute atomic E-state index is 0.237. The van der Waals surface area contributed by atoms with E-state index < -0.39 is 0 Å². The van der Waals surface area contributed by atoms with Gasteiger partial charge in [-0.1, -0.05) is 73.1 Å². The largest absolute Gasteiger partial charge is 0.306 e. The van der Waals surface area contributed by atoms with Gasteiger partial charge in [0.15, 0.2) is 0 Å². The highest BCUT2D eigenvalue weighted by molar-refractivity contribution is 7.80. The van der Waals surface area contributed by atoms with E-state index in [-0.39, 0.29) is 5.25 Å². The maximum absolute atomic E-state index is 6.47. The van der Waals surface area contributed by atoms with E-state index in [1.807, 2.05) is 6.07 Å². The molecule has 4 heteroatoms. The van der Waals surface area contributed by atoms with Crippen LogP contribution in [0.2, 0.25) is 5.02 Å². The topological polar surface area (TPSA) is 6.48 Å². The minimum atomic E-state index is 0.237. The molecule has 196 valence electrons. The first-order chi connectivity index (χ1) is 17.9. The van der Waals surface area contributed by atoms with Crippen LogP contribution in [-0.4, -0.2) is 36.5 Å². The molecule has 3 aromatic carbocycles. The molecular weight excluding hydrogens is 492 g/mol. The van der Waals surface area contributed by atoms with Crippen LogP contribution < -0.4 is 0 Å². The fourth-order valence-electron chi connectivity index (χ4n) is 6.13. The Kier molecular flexibility index (Phi) is 8.66. The molecule has 2 aliphatic rings. The second kappa shape index (κ2) is 11.9. The summed E-state index contributed by atoms with van der Waals surface area (Å²) in [5.74, 6) is 1.18. The van der Waals surface area contributed by atoms with Crippen molar-refractivity contribution in [3.8, 4) is 0 Å². The molecule has 2 aliphatic heterocycles. The van der Waals surface area contributed by atoms with Crippen molar-refractivity contribution < 1.29 is 0 Å². The van der Waals surface area contributed by atoms with E-state index in [4.69, 9.17) is 24.2 Å². The molecule has 2 nitrogen and oxygen atoms in total. The number of thiol groups is 1. The lowest BCUT2D eigenvalue weighted by Gasteiger charge is -2.30. The van der Waals surface area contributed by atoms with E-state index in [0.29, 0.717) is 11.8 Å². The summed E-state index contributed by atoms with van der Waals surface area (Å²) in [6.07, 6.45) is 4.62. The molecule has 0 bridgehead atoms. The van der Waals surface area contributed by atoms with Crippen LogP contribution in [0.5, 0.6) is 0 Å². The molecule has 0 spiro atoms. The van der Waals surface area contributed by atoms with Gasteiger partial charge in [-0.3, -0.25) is 4.90 Å². The van der Waals surface area contributed by atoms with Crippen molar-refractivity contribution in [1.29, 1.82) is 0 Å². The van der Waals surface area contributed by atoms with Gasteiger partial charge in [0, 0.05) is 29.9 Å². The quantitative estimate of drug-likeness (QED) is 0.307. The van der Waals surface area contributed by atoms with Crippen LogP contribution in [0.1, 0.15) is 82.7 Å². The Morgan fingerprint density at radius 1 is 0.919 bits per heavy atom.